The van der Waals surface area contributed by atoms with Gasteiger partial charge < -0.3 is 9.88 Å². The molecule has 90 valence electrons. The summed E-state index contributed by atoms with van der Waals surface area (Å²) in [5.74, 6) is 1.85. The molecule has 17 heavy (non-hydrogen) atoms. The minimum atomic E-state index is 0.712. The molecule has 0 radical (unpaired) electrons. The Balaban J connectivity index is 1.99. The summed E-state index contributed by atoms with van der Waals surface area (Å²) in [6.45, 7) is 2.24. The molecule has 0 bridgehead atoms. The second-order valence-corrected chi connectivity index (χ2v) is 5.16. The van der Waals surface area contributed by atoms with Crippen molar-refractivity contribution in [2.45, 2.75) is 12.8 Å². The van der Waals surface area contributed by atoms with Crippen LogP contribution in [0.15, 0.2) is 18.2 Å². The fourth-order valence-corrected chi connectivity index (χ4v) is 2.90. The van der Waals surface area contributed by atoms with Crippen molar-refractivity contribution in [3.05, 3.63) is 29.0 Å². The maximum absolute atomic E-state index is 6.22. The Bertz CT molecular complexity index is 541. The van der Waals surface area contributed by atoms with Crippen LogP contribution in [0, 0.1) is 5.92 Å². The first kappa shape index (κ1) is 11.1. The summed E-state index contributed by atoms with van der Waals surface area (Å²) in [6.07, 6.45) is 2.28. The zero-order valence-electron chi connectivity index (χ0n) is 9.91. The van der Waals surface area contributed by atoms with Gasteiger partial charge in [0.1, 0.15) is 5.82 Å². The lowest BCUT2D eigenvalue weighted by Gasteiger charge is -2.08. The van der Waals surface area contributed by atoms with Crippen LogP contribution in [0.25, 0.3) is 11.0 Å². The van der Waals surface area contributed by atoms with E-state index in [9.17, 15) is 0 Å². The van der Waals surface area contributed by atoms with Gasteiger partial charge in [0.05, 0.1) is 16.1 Å². The summed E-state index contributed by atoms with van der Waals surface area (Å²) >= 11 is 6.22. The second-order valence-electron chi connectivity index (χ2n) is 4.76. The van der Waals surface area contributed by atoms with E-state index in [4.69, 9.17) is 11.6 Å². The summed E-state index contributed by atoms with van der Waals surface area (Å²) in [4.78, 5) is 4.69. The predicted octanol–water partition coefficient (Wildman–Crippen LogP) is 2.38. The number of nitrogens with zero attached hydrogens (tertiary/aromatic N) is 2. The first-order valence-corrected chi connectivity index (χ1v) is 6.44. The lowest BCUT2D eigenvalue weighted by atomic mass is 10.0. The van der Waals surface area contributed by atoms with E-state index in [1.807, 2.05) is 18.2 Å². The molecule has 1 saturated heterocycles. The Morgan fingerprint density at radius 1 is 1.53 bits per heavy atom. The maximum Gasteiger partial charge on any atom is 0.109 e. The normalized spacial score (nSPS) is 20.2. The minimum Gasteiger partial charge on any atom is -0.330 e. The number of halogens is 1. The van der Waals surface area contributed by atoms with Gasteiger partial charge in [-0.3, -0.25) is 0 Å². The van der Waals surface area contributed by atoms with E-state index in [1.54, 1.807) is 0 Å². The molecule has 1 fully saturated rings. The average Bonchev–Trinajstić information content (AvgIpc) is 2.90. The topological polar surface area (TPSA) is 29.9 Å². The van der Waals surface area contributed by atoms with Crippen LogP contribution in [0.3, 0.4) is 0 Å². The van der Waals surface area contributed by atoms with Crippen molar-refractivity contribution in [1.82, 2.24) is 14.9 Å². The van der Waals surface area contributed by atoms with Gasteiger partial charge in [-0.15, -0.1) is 0 Å². The van der Waals surface area contributed by atoms with Crippen LogP contribution in [0.2, 0.25) is 5.02 Å². The van der Waals surface area contributed by atoms with E-state index in [0.29, 0.717) is 5.92 Å². The summed E-state index contributed by atoms with van der Waals surface area (Å²) in [7, 11) is 2.05. The Morgan fingerprint density at radius 3 is 3.12 bits per heavy atom. The highest BCUT2D eigenvalue weighted by Crippen LogP contribution is 2.25. The molecule has 3 rings (SSSR count). The van der Waals surface area contributed by atoms with Crippen LogP contribution in [0.4, 0.5) is 0 Å². The van der Waals surface area contributed by atoms with Crippen LogP contribution in [-0.4, -0.2) is 22.6 Å². The molecule has 3 nitrogen and oxygen atoms in total. The largest absolute Gasteiger partial charge is 0.330 e. The van der Waals surface area contributed by atoms with E-state index in [2.05, 4.69) is 21.9 Å². The Morgan fingerprint density at radius 2 is 2.41 bits per heavy atom. The third kappa shape index (κ3) is 1.94. The van der Waals surface area contributed by atoms with Crippen molar-refractivity contribution < 1.29 is 0 Å². The van der Waals surface area contributed by atoms with Crippen molar-refractivity contribution in [3.63, 3.8) is 0 Å². The highest BCUT2D eigenvalue weighted by atomic mass is 35.5. The lowest BCUT2D eigenvalue weighted by molar-refractivity contribution is 0.552. The average molecular weight is 250 g/mol. The van der Waals surface area contributed by atoms with Gasteiger partial charge in [0.15, 0.2) is 0 Å². The number of rotatable bonds is 2. The fourth-order valence-electron chi connectivity index (χ4n) is 2.60. The number of imidazole rings is 1. The fraction of sp³-hybridized carbons (Fsp3) is 0.462. The Kier molecular flexibility index (Phi) is 2.81. The molecule has 0 saturated carbocycles. The molecule has 0 spiro atoms. The van der Waals surface area contributed by atoms with Gasteiger partial charge in [-0.25, -0.2) is 4.98 Å². The van der Waals surface area contributed by atoms with E-state index in [-0.39, 0.29) is 0 Å². The number of para-hydroxylation sites is 1. The zero-order valence-corrected chi connectivity index (χ0v) is 10.7. The summed E-state index contributed by atoms with van der Waals surface area (Å²) < 4.78 is 2.13. The molecule has 2 heterocycles. The van der Waals surface area contributed by atoms with Gasteiger partial charge in [-0.1, -0.05) is 17.7 Å². The number of nitrogens with one attached hydrogen (secondary N) is 1. The third-order valence-corrected chi connectivity index (χ3v) is 3.88. The quantitative estimate of drug-likeness (QED) is 0.886. The van der Waals surface area contributed by atoms with Gasteiger partial charge in [-0.2, -0.15) is 0 Å². The van der Waals surface area contributed by atoms with Crippen molar-refractivity contribution in [3.8, 4) is 0 Å². The van der Waals surface area contributed by atoms with Crippen LogP contribution in [0.1, 0.15) is 12.2 Å². The first-order chi connectivity index (χ1) is 8.25. The smallest absolute Gasteiger partial charge is 0.109 e. The molecule has 0 aliphatic carbocycles. The molecule has 0 amide bonds. The number of hydrogen-bond acceptors (Lipinski definition) is 2. The van der Waals surface area contributed by atoms with Gasteiger partial charge in [0, 0.05) is 13.5 Å². The van der Waals surface area contributed by atoms with Crippen LogP contribution in [0.5, 0.6) is 0 Å². The molecular formula is C13H16ClN3. The molecule has 1 aliphatic heterocycles. The number of hydrogen-bond donors (Lipinski definition) is 1. The van der Waals surface area contributed by atoms with Crippen molar-refractivity contribution >= 4 is 22.6 Å². The summed E-state index contributed by atoms with van der Waals surface area (Å²) in [5.41, 5.74) is 2.05. The number of aryl methyl sites for hydroxylation is 1. The molecule has 1 aliphatic rings. The summed E-state index contributed by atoms with van der Waals surface area (Å²) in [6, 6.07) is 5.91. The van der Waals surface area contributed by atoms with Crippen molar-refractivity contribution in [2.24, 2.45) is 13.0 Å². The van der Waals surface area contributed by atoms with E-state index >= 15 is 0 Å². The summed E-state index contributed by atoms with van der Waals surface area (Å²) in [5, 5.41) is 4.18. The lowest BCUT2D eigenvalue weighted by Crippen LogP contribution is -2.12. The molecule has 4 heteroatoms. The zero-order chi connectivity index (χ0) is 11.8. The molecule has 1 aromatic heterocycles. The number of fused-ring (bicyclic) bond motifs is 1. The van der Waals surface area contributed by atoms with Gasteiger partial charge in [0.2, 0.25) is 0 Å². The molecule has 2 aromatic rings. The van der Waals surface area contributed by atoms with E-state index in [1.165, 1.54) is 6.42 Å². The van der Waals surface area contributed by atoms with Crippen molar-refractivity contribution in [2.75, 3.05) is 13.1 Å². The second kappa shape index (κ2) is 4.31. The maximum atomic E-state index is 6.22. The van der Waals surface area contributed by atoms with Crippen LogP contribution >= 0.6 is 11.6 Å². The highest BCUT2D eigenvalue weighted by Gasteiger charge is 2.18. The van der Waals surface area contributed by atoms with E-state index < -0.39 is 0 Å². The molecule has 1 aromatic carbocycles. The SMILES string of the molecule is Cn1c(CC2CCNC2)nc2cccc(Cl)c21. The molecular weight excluding hydrogens is 234 g/mol. The highest BCUT2D eigenvalue weighted by molar-refractivity contribution is 6.35. The standard InChI is InChI=1S/C13H16ClN3/c1-17-12(7-9-5-6-15-8-9)16-11-4-2-3-10(14)13(11)17/h2-4,9,15H,5-8H2,1H3. The molecule has 1 unspecified atom stereocenters. The number of aromatic nitrogens is 2. The third-order valence-electron chi connectivity index (χ3n) is 3.57. The van der Waals surface area contributed by atoms with Gasteiger partial charge >= 0.3 is 0 Å². The molecule has 1 atom stereocenters. The van der Waals surface area contributed by atoms with Crippen molar-refractivity contribution in [1.29, 1.82) is 0 Å². The van der Waals surface area contributed by atoms with Gasteiger partial charge in [0.25, 0.3) is 0 Å². The minimum absolute atomic E-state index is 0.712. The monoisotopic (exact) mass is 249 g/mol. The van der Waals surface area contributed by atoms with Crippen LogP contribution < -0.4 is 5.32 Å². The first-order valence-electron chi connectivity index (χ1n) is 6.06. The Labute approximate surface area is 106 Å². The number of benzene rings is 1. The van der Waals surface area contributed by atoms with Crippen LogP contribution in [-0.2, 0) is 13.5 Å². The Hall–Kier alpha value is -1.06. The predicted molar refractivity (Wildman–Crippen MR) is 70.4 cm³/mol. The molecule has 1 N–H and O–H groups in total. The van der Waals surface area contributed by atoms with Gasteiger partial charge in [-0.05, 0) is 37.6 Å². The van der Waals surface area contributed by atoms with E-state index in [0.717, 1.165) is 41.4 Å².